The van der Waals surface area contributed by atoms with Crippen LogP contribution in [0, 0.1) is 0 Å². The maximum absolute atomic E-state index is 12.9. The first-order valence-corrected chi connectivity index (χ1v) is 8.69. The third-order valence-corrected chi connectivity index (χ3v) is 5.21. The molecule has 2 rings (SSSR count). The largest absolute Gasteiger partial charge is 0.376 e. The van der Waals surface area contributed by atoms with Crippen molar-refractivity contribution in [2.45, 2.75) is 57.7 Å². The van der Waals surface area contributed by atoms with Gasteiger partial charge in [0.1, 0.15) is 0 Å². The quantitative estimate of drug-likeness (QED) is 0.842. The molecule has 118 valence electrons. The summed E-state index contributed by atoms with van der Waals surface area (Å²) in [7, 11) is 0. The van der Waals surface area contributed by atoms with E-state index in [2.05, 4.69) is 6.07 Å². The summed E-state index contributed by atoms with van der Waals surface area (Å²) in [4.78, 5) is 16.0. The monoisotopic (exact) mass is 310 g/mol. The van der Waals surface area contributed by atoms with Gasteiger partial charge in [-0.25, -0.2) is 0 Å². The molecule has 0 spiro atoms. The van der Waals surface area contributed by atoms with E-state index in [-0.39, 0.29) is 12.0 Å². The highest BCUT2D eigenvalue weighted by Gasteiger charge is 2.35. The molecule has 1 aliphatic rings. The molecule has 1 amide bonds. The maximum Gasteiger partial charge on any atom is 0.243 e. The van der Waals surface area contributed by atoms with Gasteiger partial charge in [0, 0.05) is 18.0 Å². The topological polar surface area (TPSA) is 55.6 Å². The molecule has 4 nitrogen and oxygen atoms in total. The zero-order valence-electron chi connectivity index (χ0n) is 13.0. The van der Waals surface area contributed by atoms with Crippen LogP contribution in [0.25, 0.3) is 0 Å². The van der Waals surface area contributed by atoms with Crippen LogP contribution in [0.1, 0.15) is 44.4 Å². The fraction of sp³-hybridized carbons (Fsp3) is 0.688. The van der Waals surface area contributed by atoms with Crippen LogP contribution in [0.5, 0.6) is 0 Å². The van der Waals surface area contributed by atoms with Crippen molar-refractivity contribution in [1.29, 1.82) is 0 Å². The molecule has 21 heavy (non-hydrogen) atoms. The Labute approximate surface area is 131 Å². The highest BCUT2D eigenvalue weighted by Crippen LogP contribution is 2.22. The Hall–Kier alpha value is -0.910. The van der Waals surface area contributed by atoms with E-state index in [0.29, 0.717) is 25.9 Å². The lowest BCUT2D eigenvalue weighted by molar-refractivity contribution is -0.139. The molecule has 1 fully saturated rings. The molecule has 2 N–H and O–H groups in total. The molecule has 2 heterocycles. The predicted octanol–water partition coefficient (Wildman–Crippen LogP) is 2.77. The number of nitrogens with zero attached hydrogens (tertiary/aromatic N) is 1. The Morgan fingerprint density at radius 1 is 1.52 bits per heavy atom. The van der Waals surface area contributed by atoms with Gasteiger partial charge in [-0.3, -0.25) is 4.79 Å². The Morgan fingerprint density at radius 2 is 2.29 bits per heavy atom. The fourth-order valence-electron chi connectivity index (χ4n) is 2.71. The zero-order chi connectivity index (χ0) is 15.3. The van der Waals surface area contributed by atoms with Gasteiger partial charge in [-0.2, -0.15) is 0 Å². The van der Waals surface area contributed by atoms with Crippen LogP contribution in [0.4, 0.5) is 0 Å². The summed E-state index contributed by atoms with van der Waals surface area (Å²) in [6.45, 7) is 6.06. The normalized spacial score (nSPS) is 18.9. The molecule has 1 aliphatic heterocycles. The van der Waals surface area contributed by atoms with Crippen LogP contribution < -0.4 is 5.73 Å². The van der Waals surface area contributed by atoms with E-state index in [9.17, 15) is 4.79 Å². The third-order valence-electron chi connectivity index (χ3n) is 4.35. The van der Waals surface area contributed by atoms with E-state index in [1.54, 1.807) is 11.3 Å². The van der Waals surface area contributed by atoms with Crippen molar-refractivity contribution in [1.82, 2.24) is 4.90 Å². The first-order chi connectivity index (χ1) is 10.1. The third kappa shape index (κ3) is 4.05. The highest BCUT2D eigenvalue weighted by molar-refractivity contribution is 7.09. The minimum absolute atomic E-state index is 0.0522. The number of hydrogen-bond acceptors (Lipinski definition) is 4. The summed E-state index contributed by atoms with van der Waals surface area (Å²) < 4.78 is 5.70. The molecule has 1 atom stereocenters. The number of carbonyl (C=O) groups is 1. The molecule has 5 heteroatoms. The predicted molar refractivity (Wildman–Crippen MR) is 86.2 cm³/mol. The number of ether oxygens (including phenoxy) is 1. The van der Waals surface area contributed by atoms with Crippen molar-refractivity contribution in [3.8, 4) is 0 Å². The fourth-order valence-corrected chi connectivity index (χ4v) is 3.43. The molecule has 1 saturated heterocycles. The smallest absolute Gasteiger partial charge is 0.243 e. The lowest BCUT2D eigenvalue weighted by atomic mass is 9.92. The highest BCUT2D eigenvalue weighted by atomic mass is 32.1. The molecule has 1 aromatic heterocycles. The van der Waals surface area contributed by atoms with Gasteiger partial charge in [0.05, 0.1) is 18.2 Å². The molecule has 0 saturated carbocycles. The lowest BCUT2D eigenvalue weighted by Crippen LogP contribution is -2.55. The Kier molecular flexibility index (Phi) is 5.79. The Morgan fingerprint density at radius 3 is 2.81 bits per heavy atom. The summed E-state index contributed by atoms with van der Waals surface area (Å²) in [5.41, 5.74) is 5.56. The van der Waals surface area contributed by atoms with Crippen LogP contribution in [-0.2, 0) is 16.1 Å². The van der Waals surface area contributed by atoms with Crippen molar-refractivity contribution in [2.24, 2.45) is 5.73 Å². The minimum Gasteiger partial charge on any atom is -0.376 e. The Balaban J connectivity index is 2.11. The summed E-state index contributed by atoms with van der Waals surface area (Å²) in [6, 6.07) is 4.08. The average Bonchev–Trinajstić information content (AvgIpc) is 3.18. The van der Waals surface area contributed by atoms with Crippen molar-refractivity contribution < 1.29 is 9.53 Å². The maximum atomic E-state index is 12.9. The number of hydrogen-bond donors (Lipinski definition) is 1. The summed E-state index contributed by atoms with van der Waals surface area (Å²) in [6.07, 6.45) is 3.60. The van der Waals surface area contributed by atoms with Crippen molar-refractivity contribution >= 4 is 17.2 Å². The number of thiophene rings is 1. The average molecular weight is 310 g/mol. The van der Waals surface area contributed by atoms with E-state index in [1.165, 1.54) is 4.88 Å². The molecule has 0 radical (unpaired) electrons. The number of nitrogens with two attached hydrogens (primary N) is 1. The van der Waals surface area contributed by atoms with Gasteiger partial charge < -0.3 is 15.4 Å². The second-order valence-electron chi connectivity index (χ2n) is 5.76. The standard InChI is InChI=1S/C16H26N2O2S/c1-3-16(17,4-2)15(19)18(11-13-7-5-9-20-13)12-14-8-6-10-21-14/h6,8,10,13H,3-5,7,9,11-12,17H2,1-2H3. The van der Waals surface area contributed by atoms with Crippen LogP contribution in [0.2, 0.25) is 0 Å². The SMILES string of the molecule is CCC(N)(CC)C(=O)N(Cc1cccs1)CC1CCCO1. The van der Waals surface area contributed by atoms with Gasteiger partial charge in [0.2, 0.25) is 5.91 Å². The molecule has 0 aromatic carbocycles. The van der Waals surface area contributed by atoms with Gasteiger partial charge >= 0.3 is 0 Å². The first-order valence-electron chi connectivity index (χ1n) is 7.81. The van der Waals surface area contributed by atoms with Crippen LogP contribution in [0.3, 0.4) is 0 Å². The van der Waals surface area contributed by atoms with E-state index in [1.807, 2.05) is 30.2 Å². The molecule has 0 aliphatic carbocycles. The van der Waals surface area contributed by atoms with Gasteiger partial charge in [-0.1, -0.05) is 19.9 Å². The van der Waals surface area contributed by atoms with E-state index >= 15 is 0 Å². The van der Waals surface area contributed by atoms with E-state index in [4.69, 9.17) is 10.5 Å². The number of rotatable bonds is 7. The minimum atomic E-state index is -0.754. The van der Waals surface area contributed by atoms with Gasteiger partial charge in [-0.05, 0) is 37.1 Å². The Bertz CT molecular complexity index is 437. The lowest BCUT2D eigenvalue weighted by Gasteiger charge is -2.34. The molecular weight excluding hydrogens is 284 g/mol. The van der Waals surface area contributed by atoms with Gasteiger partial charge in [-0.15, -0.1) is 11.3 Å². The molecular formula is C16H26N2O2S. The van der Waals surface area contributed by atoms with E-state index in [0.717, 1.165) is 19.4 Å². The van der Waals surface area contributed by atoms with E-state index < -0.39 is 5.54 Å². The van der Waals surface area contributed by atoms with Crippen LogP contribution in [-0.4, -0.2) is 35.6 Å². The summed E-state index contributed by atoms with van der Waals surface area (Å²) >= 11 is 1.68. The second-order valence-corrected chi connectivity index (χ2v) is 6.80. The van der Waals surface area contributed by atoms with Crippen molar-refractivity contribution in [3.05, 3.63) is 22.4 Å². The van der Waals surface area contributed by atoms with Crippen LogP contribution >= 0.6 is 11.3 Å². The molecule has 0 bridgehead atoms. The van der Waals surface area contributed by atoms with Gasteiger partial charge in [0.15, 0.2) is 0 Å². The zero-order valence-corrected chi connectivity index (χ0v) is 13.8. The molecule has 1 unspecified atom stereocenters. The molecule has 1 aromatic rings. The number of carbonyl (C=O) groups excluding carboxylic acids is 1. The summed E-state index contributed by atoms with van der Waals surface area (Å²) in [5, 5.41) is 2.04. The van der Waals surface area contributed by atoms with Crippen LogP contribution in [0.15, 0.2) is 17.5 Å². The van der Waals surface area contributed by atoms with Gasteiger partial charge in [0.25, 0.3) is 0 Å². The van der Waals surface area contributed by atoms with Crippen molar-refractivity contribution in [2.75, 3.05) is 13.2 Å². The first kappa shape index (κ1) is 16.5. The van der Waals surface area contributed by atoms with Crippen molar-refractivity contribution in [3.63, 3.8) is 0 Å². The summed E-state index contributed by atoms with van der Waals surface area (Å²) in [5.74, 6) is 0.0522. The second kappa shape index (κ2) is 7.38. The number of amides is 1.